The Balaban J connectivity index is -0.00000000827. The van der Waals surface area contributed by atoms with E-state index in [4.69, 9.17) is 46.0 Å². The van der Waals surface area contributed by atoms with Crippen LogP contribution in [0.3, 0.4) is 0 Å². The Labute approximate surface area is 115 Å². The average Bonchev–Trinajstić information content (AvgIpc) is 1.54. The second-order valence-corrected chi connectivity index (χ2v) is 0.714. The molecule has 18 heteroatoms. The molecule has 17 nitrogen and oxygen atoms in total. The first-order valence-electron chi connectivity index (χ1n) is 1.70. The van der Waals surface area contributed by atoms with E-state index in [-0.39, 0.29) is 53.6 Å². The number of rotatable bonds is 0. The van der Waals surface area contributed by atoms with Crippen LogP contribution in [0.2, 0.25) is 0 Å². The summed E-state index contributed by atoms with van der Waals surface area (Å²) in [5.41, 5.74) is 0. The fourth-order valence-electron chi connectivity index (χ4n) is 0. The van der Waals surface area contributed by atoms with Crippen LogP contribution in [0.4, 0.5) is 0 Å². The van der Waals surface area contributed by atoms with E-state index < -0.39 is 15.3 Å². The minimum Gasteiger partial charge on any atom is -0.412 e. The number of nitrogens with zero attached hydrogens (tertiary/aromatic N) is 3. The molecule has 0 aliphatic carbocycles. The summed E-state index contributed by atoms with van der Waals surface area (Å²) in [7, 11) is 0. The molecule has 0 unspecified atom stereocenters. The van der Waals surface area contributed by atoms with E-state index >= 15 is 0 Å². The SMILES string of the molecule is O.O.O.O.O.O=[N+]([O-])O.O=[N+]([O-])O.O=[N+]([O-])O.[Bi]. The molecule has 0 amide bonds. The standard InChI is InChI=1S/Bi.3HNO3.5H2O/c;3*2-1(3)4;;;;;/h;3*(H,2,3,4);5*1H2. The molecule has 0 aliphatic rings. The van der Waals surface area contributed by atoms with Gasteiger partial charge in [-0.1, -0.05) is 0 Å². The predicted molar refractivity (Wildman–Crippen MR) is 50.2 cm³/mol. The van der Waals surface area contributed by atoms with E-state index in [0.29, 0.717) is 0 Å². The van der Waals surface area contributed by atoms with E-state index in [2.05, 4.69) is 0 Å². The largest absolute Gasteiger partial charge is 0.412 e. The summed E-state index contributed by atoms with van der Waals surface area (Å²) in [6.07, 6.45) is 0. The molecule has 18 heavy (non-hydrogen) atoms. The molecule has 0 aromatic carbocycles. The van der Waals surface area contributed by atoms with Crippen molar-refractivity contribution in [3.05, 3.63) is 30.3 Å². The second-order valence-electron chi connectivity index (χ2n) is 0.714. The fourth-order valence-corrected chi connectivity index (χ4v) is 0. The van der Waals surface area contributed by atoms with Crippen molar-refractivity contribution in [2.24, 2.45) is 0 Å². The maximum atomic E-state index is 8.36. The minimum absolute atomic E-state index is 0. The molecule has 3 radical (unpaired) electrons. The molecule has 0 rings (SSSR count). The Kier molecular flexibility index (Phi) is 234. The van der Waals surface area contributed by atoms with E-state index in [1.807, 2.05) is 0 Å². The van der Waals surface area contributed by atoms with Gasteiger partial charge in [0.1, 0.15) is 0 Å². The summed E-state index contributed by atoms with van der Waals surface area (Å²) in [5, 5.41) is 40.9. The van der Waals surface area contributed by atoms with Gasteiger partial charge in [-0.2, -0.15) is 0 Å². The van der Waals surface area contributed by atoms with E-state index in [1.54, 1.807) is 0 Å². The van der Waals surface area contributed by atoms with Crippen LogP contribution in [0.5, 0.6) is 0 Å². The molecule has 13 N–H and O–H groups in total. The van der Waals surface area contributed by atoms with Crippen LogP contribution in [-0.2, 0) is 0 Å². The third-order valence-corrected chi connectivity index (χ3v) is 0. The number of hydrogen-bond donors (Lipinski definition) is 3. The monoisotopic (exact) mass is 488 g/mol. The van der Waals surface area contributed by atoms with Crippen LogP contribution < -0.4 is 0 Å². The van der Waals surface area contributed by atoms with Crippen molar-refractivity contribution in [3.63, 3.8) is 0 Å². The van der Waals surface area contributed by atoms with Gasteiger partial charge in [0, 0.05) is 26.2 Å². The summed E-state index contributed by atoms with van der Waals surface area (Å²) in [5.74, 6) is 0. The zero-order chi connectivity index (χ0) is 10.7. The normalized spacial score (nSPS) is 4.00. The maximum absolute atomic E-state index is 8.36. The minimum atomic E-state index is -1.50. The van der Waals surface area contributed by atoms with Crippen LogP contribution in [0.1, 0.15) is 0 Å². The van der Waals surface area contributed by atoms with E-state index in [9.17, 15) is 0 Å². The van der Waals surface area contributed by atoms with Gasteiger partial charge >= 0.3 is 0 Å². The Morgan fingerprint density at radius 2 is 0.556 bits per heavy atom. The zero-order valence-corrected chi connectivity index (χ0v) is 11.6. The van der Waals surface area contributed by atoms with Gasteiger partial charge in [-0.05, 0) is 0 Å². The molecule has 0 aliphatic heterocycles. The molecule has 117 valence electrons. The molecule has 0 bridgehead atoms. The van der Waals surface area contributed by atoms with Gasteiger partial charge in [0.05, 0.1) is 0 Å². The van der Waals surface area contributed by atoms with E-state index in [1.165, 1.54) is 0 Å². The first kappa shape index (κ1) is 71.7. The van der Waals surface area contributed by atoms with Crippen LogP contribution >= 0.6 is 0 Å². The van der Waals surface area contributed by atoms with Crippen LogP contribution in [0, 0.1) is 30.3 Å². The number of hydrogen-bond acceptors (Lipinski definition) is 6. The molecule has 0 heterocycles. The third-order valence-electron chi connectivity index (χ3n) is 0. The van der Waals surface area contributed by atoms with Crippen molar-refractivity contribution in [3.8, 4) is 0 Å². The Morgan fingerprint density at radius 3 is 0.556 bits per heavy atom. The maximum Gasteiger partial charge on any atom is 0.291 e. The van der Waals surface area contributed by atoms with E-state index in [0.717, 1.165) is 0 Å². The van der Waals surface area contributed by atoms with Gasteiger partial charge < -0.3 is 43.0 Å². The van der Waals surface area contributed by atoms with Gasteiger partial charge in [-0.3, -0.25) is 0 Å². The molecule has 0 saturated heterocycles. The van der Waals surface area contributed by atoms with Crippen molar-refractivity contribution in [1.82, 2.24) is 0 Å². The van der Waals surface area contributed by atoms with Crippen LogP contribution in [0.25, 0.3) is 0 Å². The van der Waals surface area contributed by atoms with Crippen molar-refractivity contribution in [2.45, 2.75) is 0 Å². The predicted octanol–water partition coefficient (Wildman–Crippen LogP) is -5.55. The van der Waals surface area contributed by atoms with Gasteiger partial charge in [-0.15, -0.1) is 30.3 Å². The van der Waals surface area contributed by atoms with Gasteiger partial charge in [0.2, 0.25) is 0 Å². The summed E-state index contributed by atoms with van der Waals surface area (Å²) < 4.78 is 0. The Morgan fingerprint density at radius 1 is 0.556 bits per heavy atom. The Hall–Kier alpha value is -1.72. The van der Waals surface area contributed by atoms with Crippen LogP contribution in [-0.4, -0.2) is 84.5 Å². The topological polar surface area (TPSA) is 348 Å². The molecule has 0 fully saturated rings. The molecule has 0 spiro atoms. The average molecular weight is 488 g/mol. The molecule has 0 aromatic rings. The first-order valence-corrected chi connectivity index (χ1v) is 1.70. The van der Waals surface area contributed by atoms with Crippen molar-refractivity contribution in [1.29, 1.82) is 0 Å². The van der Waals surface area contributed by atoms with Gasteiger partial charge in [-0.25, -0.2) is 0 Å². The first-order chi connectivity index (χ1) is 5.20. The summed E-state index contributed by atoms with van der Waals surface area (Å²) >= 11 is 0. The smallest absolute Gasteiger partial charge is 0.291 e. The van der Waals surface area contributed by atoms with Crippen LogP contribution in [0.15, 0.2) is 0 Å². The molecule has 0 aromatic heterocycles. The summed E-state index contributed by atoms with van der Waals surface area (Å²) in [4.78, 5) is 25.1. The second kappa shape index (κ2) is 58.8. The molecular formula is H13BiN3O14. The van der Waals surface area contributed by atoms with Gasteiger partial charge in [0.25, 0.3) is 15.3 Å². The summed E-state index contributed by atoms with van der Waals surface area (Å²) in [6.45, 7) is 0. The van der Waals surface area contributed by atoms with Crippen molar-refractivity contribution < 1.29 is 58.3 Å². The quantitative estimate of drug-likeness (QED) is 0.166. The molecule has 0 atom stereocenters. The van der Waals surface area contributed by atoms with Crippen molar-refractivity contribution >= 4 is 26.2 Å². The Bertz CT molecular complexity index is 115. The third kappa shape index (κ3) is 855. The van der Waals surface area contributed by atoms with Gasteiger partial charge in [0.15, 0.2) is 0 Å². The molecular weight excluding hydrogens is 475 g/mol. The summed E-state index contributed by atoms with van der Waals surface area (Å²) in [6, 6.07) is 0. The van der Waals surface area contributed by atoms with Crippen molar-refractivity contribution in [2.75, 3.05) is 0 Å². The fraction of sp³-hybridized carbons (Fsp3) is 0. The molecule has 0 saturated carbocycles. The zero-order valence-electron chi connectivity index (χ0n) is 8.08.